The first-order chi connectivity index (χ1) is 13.0. The molecule has 2 heterocycles. The summed E-state index contributed by atoms with van der Waals surface area (Å²) in [6, 6.07) is 9.93. The number of amides is 1. The molecule has 0 atom stereocenters. The Morgan fingerprint density at radius 1 is 1.26 bits per heavy atom. The van der Waals surface area contributed by atoms with Crippen LogP contribution in [-0.4, -0.2) is 26.6 Å². The summed E-state index contributed by atoms with van der Waals surface area (Å²) in [6.45, 7) is 1.93. The predicted molar refractivity (Wildman–Crippen MR) is 107 cm³/mol. The van der Waals surface area contributed by atoms with Crippen LogP contribution in [0.4, 0.5) is 10.1 Å². The van der Waals surface area contributed by atoms with Crippen LogP contribution < -0.4 is 5.32 Å². The summed E-state index contributed by atoms with van der Waals surface area (Å²) in [4.78, 5) is 24.0. The molecule has 0 aliphatic rings. The lowest BCUT2D eigenvalue weighted by atomic mass is 10.2. The smallest absolute Gasteiger partial charge is 0.234 e. The number of thioether (sulfide) groups is 1. The van der Waals surface area contributed by atoms with Crippen LogP contribution in [0, 0.1) is 12.7 Å². The molecule has 0 aliphatic heterocycles. The van der Waals surface area contributed by atoms with Crippen LogP contribution >= 0.6 is 23.4 Å². The number of anilines is 1. The van der Waals surface area contributed by atoms with Gasteiger partial charge in [-0.15, -0.1) is 0 Å². The summed E-state index contributed by atoms with van der Waals surface area (Å²) < 4.78 is 13.5. The van der Waals surface area contributed by atoms with E-state index in [2.05, 4.69) is 20.3 Å². The number of fused-ring (bicyclic) bond motifs is 3. The second-order valence-electron chi connectivity index (χ2n) is 6.04. The summed E-state index contributed by atoms with van der Waals surface area (Å²) in [6.07, 6.45) is 1.41. The molecular formula is C19H14ClFN4OS. The third kappa shape index (κ3) is 3.61. The van der Waals surface area contributed by atoms with Crippen molar-refractivity contribution in [3.05, 3.63) is 59.1 Å². The Hall–Kier alpha value is -2.64. The van der Waals surface area contributed by atoms with Gasteiger partial charge in [0.05, 0.1) is 22.0 Å². The fourth-order valence-corrected chi connectivity index (χ4v) is 3.83. The molecule has 0 unspecified atom stereocenters. The molecule has 5 nitrogen and oxygen atoms in total. The number of aromatic nitrogens is 3. The number of nitrogens with one attached hydrogen (secondary N) is 2. The molecule has 0 spiro atoms. The largest absolute Gasteiger partial charge is 0.351 e. The number of halogens is 2. The first-order valence-electron chi connectivity index (χ1n) is 8.12. The maximum atomic E-state index is 13.5. The molecule has 8 heteroatoms. The van der Waals surface area contributed by atoms with Crippen LogP contribution in [0.5, 0.6) is 0 Å². The van der Waals surface area contributed by atoms with E-state index in [-0.39, 0.29) is 17.5 Å². The Balaban J connectivity index is 1.55. The molecule has 2 aromatic carbocycles. The molecule has 4 aromatic rings. The normalized spacial score (nSPS) is 11.2. The number of aryl methyl sites for hydroxylation is 1. The van der Waals surface area contributed by atoms with Gasteiger partial charge in [0, 0.05) is 10.9 Å². The van der Waals surface area contributed by atoms with E-state index < -0.39 is 0 Å². The van der Waals surface area contributed by atoms with Crippen LogP contribution in [0.2, 0.25) is 5.02 Å². The SMILES string of the molecule is Cc1ccc(NC(=O)CSc2ncnc3c2[nH]c2ccc(F)cc23)c(Cl)c1. The van der Waals surface area contributed by atoms with Crippen molar-refractivity contribution in [2.45, 2.75) is 11.9 Å². The van der Waals surface area contributed by atoms with Gasteiger partial charge in [-0.1, -0.05) is 29.4 Å². The molecule has 0 saturated heterocycles. The summed E-state index contributed by atoms with van der Waals surface area (Å²) in [7, 11) is 0. The van der Waals surface area contributed by atoms with Crippen molar-refractivity contribution in [2.24, 2.45) is 0 Å². The minimum Gasteiger partial charge on any atom is -0.351 e. The average Bonchev–Trinajstić information content (AvgIpc) is 3.01. The summed E-state index contributed by atoms with van der Waals surface area (Å²) >= 11 is 7.42. The Bertz CT molecular complexity index is 1180. The molecule has 0 bridgehead atoms. The van der Waals surface area contributed by atoms with Crippen LogP contribution in [0.25, 0.3) is 21.9 Å². The topological polar surface area (TPSA) is 70.7 Å². The van der Waals surface area contributed by atoms with Gasteiger partial charge in [-0.2, -0.15) is 0 Å². The molecule has 2 aromatic heterocycles. The van der Waals surface area contributed by atoms with Crippen molar-refractivity contribution in [2.75, 3.05) is 11.1 Å². The third-order valence-electron chi connectivity index (χ3n) is 4.05. The highest BCUT2D eigenvalue weighted by atomic mass is 35.5. The van der Waals surface area contributed by atoms with E-state index in [9.17, 15) is 9.18 Å². The van der Waals surface area contributed by atoms with Gasteiger partial charge in [-0.05, 0) is 42.8 Å². The van der Waals surface area contributed by atoms with Crippen LogP contribution in [0.15, 0.2) is 47.8 Å². The van der Waals surface area contributed by atoms with Crippen LogP contribution in [0.1, 0.15) is 5.56 Å². The predicted octanol–water partition coefficient (Wildman–Crippen LogP) is 4.94. The molecular weight excluding hydrogens is 387 g/mol. The minimum atomic E-state index is -0.328. The van der Waals surface area contributed by atoms with Crippen LogP contribution in [0.3, 0.4) is 0 Å². The molecule has 1 amide bonds. The van der Waals surface area contributed by atoms with E-state index in [0.29, 0.717) is 32.2 Å². The lowest BCUT2D eigenvalue weighted by Gasteiger charge is -2.07. The molecule has 0 saturated carbocycles. The Labute approximate surface area is 163 Å². The molecule has 4 rings (SSSR count). The molecule has 0 fully saturated rings. The fourth-order valence-electron chi connectivity index (χ4n) is 2.79. The molecule has 2 N–H and O–H groups in total. The van der Waals surface area contributed by atoms with Crippen molar-refractivity contribution in [1.82, 2.24) is 15.0 Å². The van der Waals surface area contributed by atoms with E-state index in [1.807, 2.05) is 13.0 Å². The highest BCUT2D eigenvalue weighted by Gasteiger charge is 2.14. The standard InChI is InChI=1S/C19H14ClFN4OS/c1-10-2-4-15(13(20)6-10)24-16(26)8-27-19-18-17(22-9-23-19)12-7-11(21)3-5-14(12)25-18/h2-7,9,25H,8H2,1H3,(H,24,26). The number of rotatable bonds is 4. The monoisotopic (exact) mass is 400 g/mol. The van der Waals surface area contributed by atoms with E-state index in [1.54, 1.807) is 18.2 Å². The zero-order valence-corrected chi connectivity index (χ0v) is 15.8. The maximum Gasteiger partial charge on any atom is 0.234 e. The van der Waals surface area contributed by atoms with Gasteiger partial charge in [-0.25, -0.2) is 14.4 Å². The zero-order chi connectivity index (χ0) is 19.0. The lowest BCUT2D eigenvalue weighted by Crippen LogP contribution is -2.14. The van der Waals surface area contributed by atoms with Gasteiger partial charge in [0.1, 0.15) is 22.7 Å². The Morgan fingerprint density at radius 3 is 2.93 bits per heavy atom. The van der Waals surface area contributed by atoms with Gasteiger partial charge >= 0.3 is 0 Å². The number of carbonyl (C=O) groups is 1. The molecule has 0 aliphatic carbocycles. The highest BCUT2D eigenvalue weighted by molar-refractivity contribution is 8.00. The summed E-state index contributed by atoms with van der Waals surface area (Å²) in [5.41, 5.74) is 3.67. The third-order valence-corrected chi connectivity index (χ3v) is 5.35. The zero-order valence-electron chi connectivity index (χ0n) is 14.2. The minimum absolute atomic E-state index is 0.153. The number of aromatic amines is 1. The number of carbonyl (C=O) groups excluding carboxylic acids is 1. The Kier molecular flexibility index (Phi) is 4.72. The van der Waals surface area contributed by atoms with Gasteiger partial charge in [0.2, 0.25) is 5.91 Å². The van der Waals surface area contributed by atoms with Crippen molar-refractivity contribution in [1.29, 1.82) is 0 Å². The number of hydrogen-bond donors (Lipinski definition) is 2. The number of hydrogen-bond acceptors (Lipinski definition) is 4. The second kappa shape index (κ2) is 7.17. The quantitative estimate of drug-likeness (QED) is 0.376. The fraction of sp³-hybridized carbons (Fsp3) is 0.105. The number of H-pyrrole nitrogens is 1. The maximum absolute atomic E-state index is 13.5. The first-order valence-corrected chi connectivity index (χ1v) is 9.48. The average molecular weight is 401 g/mol. The van der Waals surface area contributed by atoms with Crippen molar-refractivity contribution < 1.29 is 9.18 Å². The second-order valence-corrected chi connectivity index (χ2v) is 7.41. The number of benzene rings is 2. The van der Waals surface area contributed by atoms with E-state index in [1.165, 1.54) is 30.2 Å². The van der Waals surface area contributed by atoms with E-state index in [4.69, 9.17) is 11.6 Å². The van der Waals surface area contributed by atoms with Gasteiger partial charge < -0.3 is 10.3 Å². The van der Waals surface area contributed by atoms with Gasteiger partial charge in [0.15, 0.2) is 0 Å². The van der Waals surface area contributed by atoms with Crippen molar-refractivity contribution in [3.8, 4) is 0 Å². The lowest BCUT2D eigenvalue weighted by molar-refractivity contribution is -0.113. The number of nitrogens with zero attached hydrogens (tertiary/aromatic N) is 2. The van der Waals surface area contributed by atoms with Crippen LogP contribution in [-0.2, 0) is 4.79 Å². The van der Waals surface area contributed by atoms with E-state index >= 15 is 0 Å². The van der Waals surface area contributed by atoms with Gasteiger partial charge in [-0.3, -0.25) is 4.79 Å². The summed E-state index contributed by atoms with van der Waals surface area (Å²) in [5.74, 6) is -0.370. The summed E-state index contributed by atoms with van der Waals surface area (Å²) in [5, 5.41) is 4.60. The van der Waals surface area contributed by atoms with E-state index in [0.717, 1.165) is 11.1 Å². The highest BCUT2D eigenvalue weighted by Crippen LogP contribution is 2.30. The Morgan fingerprint density at radius 2 is 2.11 bits per heavy atom. The van der Waals surface area contributed by atoms with Crippen molar-refractivity contribution >= 4 is 56.9 Å². The van der Waals surface area contributed by atoms with Gasteiger partial charge in [0.25, 0.3) is 0 Å². The molecule has 27 heavy (non-hydrogen) atoms. The van der Waals surface area contributed by atoms with Crippen molar-refractivity contribution in [3.63, 3.8) is 0 Å². The molecule has 0 radical (unpaired) electrons. The molecule has 136 valence electrons. The first kappa shape index (κ1) is 17.8.